The third-order valence-corrected chi connectivity index (χ3v) is 3.97. The average Bonchev–Trinajstić information content (AvgIpc) is 3.00. The molecule has 1 saturated carbocycles. The van der Waals surface area contributed by atoms with Crippen molar-refractivity contribution < 1.29 is 4.74 Å². The third kappa shape index (κ3) is 1.82. The summed E-state index contributed by atoms with van der Waals surface area (Å²) in [5, 5.41) is 0. The van der Waals surface area contributed by atoms with Crippen molar-refractivity contribution in [3.8, 4) is 5.75 Å². The maximum atomic E-state index is 6.35. The fourth-order valence-corrected chi connectivity index (χ4v) is 2.12. The Kier molecular flexibility index (Phi) is 2.70. The molecule has 0 radical (unpaired) electrons. The van der Waals surface area contributed by atoms with E-state index >= 15 is 0 Å². The van der Waals surface area contributed by atoms with Gasteiger partial charge in [-0.2, -0.15) is 0 Å². The Morgan fingerprint density at radius 1 is 1.25 bits per heavy atom. The lowest BCUT2D eigenvalue weighted by atomic mass is 9.90. The lowest BCUT2D eigenvalue weighted by molar-refractivity contribution is 0.384. The first kappa shape index (κ1) is 11.5. The Balaban J connectivity index is 2.42. The number of rotatable bonds is 3. The molecule has 1 aliphatic rings. The average molecular weight is 219 g/mol. The molecule has 1 atom stereocenters. The molecule has 0 aromatic heterocycles. The second kappa shape index (κ2) is 3.77. The predicted octanol–water partition coefficient (Wildman–Crippen LogP) is 3.11. The van der Waals surface area contributed by atoms with Gasteiger partial charge >= 0.3 is 0 Å². The van der Waals surface area contributed by atoms with Crippen molar-refractivity contribution in [2.75, 3.05) is 7.11 Å². The Bertz CT molecular complexity index is 407. The van der Waals surface area contributed by atoms with E-state index in [1.54, 1.807) is 7.11 Å². The summed E-state index contributed by atoms with van der Waals surface area (Å²) in [7, 11) is 1.72. The molecule has 2 N–H and O–H groups in total. The molecule has 0 saturated heterocycles. The van der Waals surface area contributed by atoms with Crippen LogP contribution in [0.2, 0.25) is 0 Å². The number of methoxy groups -OCH3 is 1. The van der Waals surface area contributed by atoms with Crippen molar-refractivity contribution in [3.63, 3.8) is 0 Å². The molecule has 88 valence electrons. The molecule has 1 fully saturated rings. The SMILES string of the molecule is COc1cc(C)c(C)cc1C(N)C1(C)CC1. The van der Waals surface area contributed by atoms with E-state index in [2.05, 4.69) is 32.9 Å². The first-order valence-corrected chi connectivity index (χ1v) is 5.88. The van der Waals surface area contributed by atoms with E-state index in [4.69, 9.17) is 10.5 Å². The smallest absolute Gasteiger partial charge is 0.123 e. The molecule has 2 heteroatoms. The summed E-state index contributed by atoms with van der Waals surface area (Å²) < 4.78 is 5.45. The number of hydrogen-bond acceptors (Lipinski definition) is 2. The highest BCUT2D eigenvalue weighted by Gasteiger charge is 2.44. The fraction of sp³-hybridized carbons (Fsp3) is 0.571. The van der Waals surface area contributed by atoms with Crippen LogP contribution in [-0.2, 0) is 0 Å². The molecule has 0 aliphatic heterocycles. The van der Waals surface area contributed by atoms with Gasteiger partial charge in [0.2, 0.25) is 0 Å². The third-order valence-electron chi connectivity index (χ3n) is 3.97. The lowest BCUT2D eigenvalue weighted by Crippen LogP contribution is -2.21. The second-order valence-corrected chi connectivity index (χ2v) is 5.31. The minimum absolute atomic E-state index is 0.0988. The summed E-state index contributed by atoms with van der Waals surface area (Å²) in [6, 6.07) is 4.38. The van der Waals surface area contributed by atoms with Gasteiger partial charge in [-0.3, -0.25) is 0 Å². The van der Waals surface area contributed by atoms with E-state index in [0.29, 0.717) is 0 Å². The van der Waals surface area contributed by atoms with Crippen LogP contribution in [0.25, 0.3) is 0 Å². The summed E-state index contributed by atoms with van der Waals surface area (Å²) in [6.07, 6.45) is 2.45. The topological polar surface area (TPSA) is 35.2 Å². The van der Waals surface area contributed by atoms with Crippen molar-refractivity contribution in [2.45, 2.75) is 39.7 Å². The largest absolute Gasteiger partial charge is 0.496 e. The van der Waals surface area contributed by atoms with Gasteiger partial charge in [-0.25, -0.2) is 0 Å². The molecule has 16 heavy (non-hydrogen) atoms. The Hall–Kier alpha value is -1.02. The Morgan fingerprint density at radius 2 is 1.81 bits per heavy atom. The van der Waals surface area contributed by atoms with Crippen molar-refractivity contribution >= 4 is 0 Å². The summed E-state index contributed by atoms with van der Waals surface area (Å²) in [6.45, 7) is 6.48. The number of hydrogen-bond donors (Lipinski definition) is 1. The second-order valence-electron chi connectivity index (χ2n) is 5.31. The zero-order valence-electron chi connectivity index (χ0n) is 10.6. The maximum Gasteiger partial charge on any atom is 0.123 e. The number of aryl methyl sites for hydroxylation is 2. The Labute approximate surface area is 97.8 Å². The molecule has 1 unspecified atom stereocenters. The van der Waals surface area contributed by atoms with Crippen LogP contribution in [0.4, 0.5) is 0 Å². The predicted molar refractivity (Wildman–Crippen MR) is 66.7 cm³/mol. The van der Waals surface area contributed by atoms with Gasteiger partial charge in [0, 0.05) is 11.6 Å². The highest BCUT2D eigenvalue weighted by atomic mass is 16.5. The standard InChI is InChI=1S/C14H21NO/c1-9-7-11(12(16-4)8-10(9)2)13(15)14(3)5-6-14/h7-8,13H,5-6,15H2,1-4H3. The van der Waals surface area contributed by atoms with Crippen molar-refractivity contribution in [1.29, 1.82) is 0 Å². The van der Waals surface area contributed by atoms with Crippen LogP contribution in [0.15, 0.2) is 12.1 Å². The van der Waals surface area contributed by atoms with Gasteiger partial charge in [-0.1, -0.05) is 13.0 Å². The van der Waals surface area contributed by atoms with E-state index < -0.39 is 0 Å². The normalized spacial score (nSPS) is 19.3. The zero-order valence-corrected chi connectivity index (χ0v) is 10.6. The molecule has 2 rings (SSSR count). The van der Waals surface area contributed by atoms with Gasteiger partial charge in [-0.15, -0.1) is 0 Å². The fourth-order valence-electron chi connectivity index (χ4n) is 2.12. The molecule has 0 bridgehead atoms. The first-order valence-electron chi connectivity index (χ1n) is 5.88. The van der Waals surface area contributed by atoms with E-state index in [9.17, 15) is 0 Å². The molecule has 2 nitrogen and oxygen atoms in total. The van der Waals surface area contributed by atoms with Crippen molar-refractivity contribution in [1.82, 2.24) is 0 Å². The molecule has 0 heterocycles. The van der Waals surface area contributed by atoms with Gasteiger partial charge in [0.05, 0.1) is 7.11 Å². The van der Waals surface area contributed by atoms with E-state index in [1.807, 2.05) is 0 Å². The summed E-state index contributed by atoms with van der Waals surface area (Å²) in [4.78, 5) is 0. The lowest BCUT2D eigenvalue weighted by Gasteiger charge is -2.22. The van der Waals surface area contributed by atoms with Crippen LogP contribution < -0.4 is 10.5 Å². The summed E-state index contributed by atoms with van der Waals surface area (Å²) >= 11 is 0. The number of nitrogens with two attached hydrogens (primary N) is 1. The summed E-state index contributed by atoms with van der Waals surface area (Å²) in [5.41, 5.74) is 10.3. The van der Waals surface area contributed by atoms with Crippen LogP contribution >= 0.6 is 0 Å². The highest BCUT2D eigenvalue weighted by Crippen LogP contribution is 2.54. The summed E-state index contributed by atoms with van der Waals surface area (Å²) in [5.74, 6) is 0.934. The molecule has 1 aromatic carbocycles. The molecule has 0 amide bonds. The van der Waals surface area contributed by atoms with Gasteiger partial charge in [0.15, 0.2) is 0 Å². The maximum absolute atomic E-state index is 6.35. The molecule has 1 aliphatic carbocycles. The minimum Gasteiger partial charge on any atom is -0.496 e. The van der Waals surface area contributed by atoms with E-state index in [1.165, 1.54) is 24.0 Å². The Morgan fingerprint density at radius 3 is 2.31 bits per heavy atom. The molecular formula is C14H21NO. The molecule has 0 spiro atoms. The molecular weight excluding hydrogens is 198 g/mol. The highest BCUT2D eigenvalue weighted by molar-refractivity contribution is 5.44. The monoisotopic (exact) mass is 219 g/mol. The van der Waals surface area contributed by atoms with Gasteiger partial charge in [0.25, 0.3) is 0 Å². The van der Waals surface area contributed by atoms with Gasteiger partial charge in [0.1, 0.15) is 5.75 Å². The quantitative estimate of drug-likeness (QED) is 0.847. The van der Waals surface area contributed by atoms with E-state index in [-0.39, 0.29) is 11.5 Å². The zero-order chi connectivity index (χ0) is 11.9. The van der Waals surface area contributed by atoms with Crippen LogP contribution in [0.1, 0.15) is 42.5 Å². The minimum atomic E-state index is 0.0988. The van der Waals surface area contributed by atoms with Crippen molar-refractivity contribution in [2.24, 2.45) is 11.1 Å². The van der Waals surface area contributed by atoms with Crippen LogP contribution in [0.3, 0.4) is 0 Å². The first-order chi connectivity index (χ1) is 7.48. The van der Waals surface area contributed by atoms with Crippen molar-refractivity contribution in [3.05, 3.63) is 28.8 Å². The number of ether oxygens (including phenoxy) is 1. The number of benzene rings is 1. The van der Waals surface area contributed by atoms with Gasteiger partial charge in [-0.05, 0) is 49.3 Å². The molecule has 1 aromatic rings. The van der Waals surface area contributed by atoms with E-state index in [0.717, 1.165) is 11.3 Å². The van der Waals surface area contributed by atoms with Crippen LogP contribution in [-0.4, -0.2) is 7.11 Å². The van der Waals surface area contributed by atoms with Gasteiger partial charge < -0.3 is 10.5 Å². The van der Waals surface area contributed by atoms with Crippen LogP contribution in [0, 0.1) is 19.3 Å². The van der Waals surface area contributed by atoms with Crippen LogP contribution in [0.5, 0.6) is 5.75 Å².